The number of rotatable bonds is 8. The summed E-state index contributed by atoms with van der Waals surface area (Å²) in [7, 11) is 4.96. The van der Waals surface area contributed by atoms with Crippen LogP contribution in [0.25, 0.3) is 0 Å². The van der Waals surface area contributed by atoms with E-state index in [0.717, 1.165) is 49.0 Å². The van der Waals surface area contributed by atoms with E-state index < -0.39 is 0 Å². The van der Waals surface area contributed by atoms with E-state index in [-0.39, 0.29) is 0 Å². The molecule has 0 bridgehead atoms. The summed E-state index contributed by atoms with van der Waals surface area (Å²) in [6, 6.07) is 3.76. The number of nitrogens with one attached hydrogen (secondary N) is 1. The van der Waals surface area contributed by atoms with Crippen molar-refractivity contribution in [2.24, 2.45) is 5.92 Å². The Hall–Kier alpha value is -1.46. The van der Waals surface area contributed by atoms with Crippen molar-refractivity contribution < 1.29 is 18.9 Å². The van der Waals surface area contributed by atoms with Crippen LogP contribution in [0.3, 0.4) is 0 Å². The van der Waals surface area contributed by atoms with Crippen molar-refractivity contribution in [1.29, 1.82) is 0 Å². The van der Waals surface area contributed by atoms with E-state index in [9.17, 15) is 0 Å². The molecule has 0 amide bonds. The van der Waals surface area contributed by atoms with Crippen LogP contribution in [0, 0.1) is 5.92 Å². The van der Waals surface area contributed by atoms with Crippen LogP contribution in [0.4, 0.5) is 0 Å². The van der Waals surface area contributed by atoms with Crippen molar-refractivity contribution in [2.45, 2.75) is 19.4 Å². The van der Waals surface area contributed by atoms with Gasteiger partial charge in [0.1, 0.15) is 17.2 Å². The normalized spacial score (nSPS) is 17.8. The highest BCUT2D eigenvalue weighted by Gasteiger charge is 2.16. The Morgan fingerprint density at radius 1 is 1.14 bits per heavy atom. The average Bonchev–Trinajstić information content (AvgIpc) is 3.04. The third-order valence-electron chi connectivity index (χ3n) is 3.87. The predicted molar refractivity (Wildman–Crippen MR) is 81.3 cm³/mol. The summed E-state index contributed by atoms with van der Waals surface area (Å²) in [5, 5.41) is 3.46. The SMILES string of the molecule is COc1cc(OC)c(CNCCC2CCOC2)c(OC)c1. The molecule has 1 fully saturated rings. The van der Waals surface area contributed by atoms with E-state index in [0.29, 0.717) is 12.5 Å². The lowest BCUT2D eigenvalue weighted by Gasteiger charge is -2.16. The van der Waals surface area contributed by atoms with Gasteiger partial charge >= 0.3 is 0 Å². The fraction of sp³-hybridized carbons (Fsp3) is 0.625. The quantitative estimate of drug-likeness (QED) is 0.745. The van der Waals surface area contributed by atoms with E-state index in [1.807, 2.05) is 12.1 Å². The third-order valence-corrected chi connectivity index (χ3v) is 3.87. The van der Waals surface area contributed by atoms with Gasteiger partial charge in [-0.25, -0.2) is 0 Å². The fourth-order valence-electron chi connectivity index (χ4n) is 2.58. The minimum atomic E-state index is 0.692. The van der Waals surface area contributed by atoms with Crippen LogP contribution in [0.2, 0.25) is 0 Å². The predicted octanol–water partition coefficient (Wildman–Crippen LogP) is 2.23. The van der Waals surface area contributed by atoms with Gasteiger partial charge in [-0.3, -0.25) is 0 Å². The zero-order chi connectivity index (χ0) is 15.1. The topological polar surface area (TPSA) is 49.0 Å². The smallest absolute Gasteiger partial charge is 0.130 e. The Bertz CT molecular complexity index is 419. The Kier molecular flexibility index (Phi) is 6.14. The Morgan fingerprint density at radius 2 is 1.86 bits per heavy atom. The molecule has 0 saturated carbocycles. The van der Waals surface area contributed by atoms with Crippen molar-refractivity contribution in [3.8, 4) is 17.2 Å². The van der Waals surface area contributed by atoms with Gasteiger partial charge in [-0.1, -0.05) is 0 Å². The maximum absolute atomic E-state index is 5.44. The maximum Gasteiger partial charge on any atom is 0.130 e. The van der Waals surface area contributed by atoms with E-state index in [2.05, 4.69) is 5.32 Å². The molecule has 1 aliphatic heterocycles. The summed E-state index contributed by atoms with van der Waals surface area (Å²) in [5.41, 5.74) is 1.02. The molecule has 5 nitrogen and oxygen atoms in total. The van der Waals surface area contributed by atoms with Crippen molar-refractivity contribution in [3.05, 3.63) is 17.7 Å². The van der Waals surface area contributed by atoms with Gasteiger partial charge < -0.3 is 24.3 Å². The molecular formula is C16H25NO4. The second kappa shape index (κ2) is 8.10. The van der Waals surface area contributed by atoms with Crippen molar-refractivity contribution in [3.63, 3.8) is 0 Å². The van der Waals surface area contributed by atoms with E-state index >= 15 is 0 Å². The first kappa shape index (κ1) is 15.9. The Balaban J connectivity index is 1.94. The number of hydrogen-bond donors (Lipinski definition) is 1. The van der Waals surface area contributed by atoms with E-state index in [4.69, 9.17) is 18.9 Å². The van der Waals surface area contributed by atoms with Gasteiger partial charge in [0, 0.05) is 31.9 Å². The molecule has 5 heteroatoms. The number of methoxy groups -OCH3 is 3. The fourth-order valence-corrected chi connectivity index (χ4v) is 2.58. The molecule has 1 N–H and O–H groups in total. The summed E-state index contributed by atoms with van der Waals surface area (Å²) in [6.45, 7) is 3.48. The van der Waals surface area contributed by atoms with Crippen LogP contribution in [0.15, 0.2) is 12.1 Å². The average molecular weight is 295 g/mol. The van der Waals surface area contributed by atoms with Crippen molar-refractivity contribution >= 4 is 0 Å². The Labute approximate surface area is 126 Å². The van der Waals surface area contributed by atoms with Crippen LogP contribution in [-0.2, 0) is 11.3 Å². The standard InChI is InChI=1S/C16H25NO4/c1-18-13-8-15(19-2)14(16(9-13)20-3)10-17-6-4-12-5-7-21-11-12/h8-9,12,17H,4-7,10-11H2,1-3H3. The maximum atomic E-state index is 5.44. The summed E-state index contributed by atoms with van der Waals surface area (Å²) < 4.78 is 21.5. The summed E-state index contributed by atoms with van der Waals surface area (Å²) >= 11 is 0. The number of benzene rings is 1. The zero-order valence-corrected chi connectivity index (χ0v) is 13.1. The second-order valence-electron chi connectivity index (χ2n) is 5.21. The molecule has 1 saturated heterocycles. The zero-order valence-electron chi connectivity index (χ0n) is 13.1. The van der Waals surface area contributed by atoms with Crippen LogP contribution in [0.1, 0.15) is 18.4 Å². The molecule has 21 heavy (non-hydrogen) atoms. The lowest BCUT2D eigenvalue weighted by molar-refractivity contribution is 0.184. The molecule has 1 atom stereocenters. The monoisotopic (exact) mass is 295 g/mol. The minimum absolute atomic E-state index is 0.692. The first-order valence-electron chi connectivity index (χ1n) is 7.35. The highest BCUT2D eigenvalue weighted by Crippen LogP contribution is 2.33. The minimum Gasteiger partial charge on any atom is -0.496 e. The van der Waals surface area contributed by atoms with Crippen molar-refractivity contribution in [1.82, 2.24) is 5.32 Å². The lowest BCUT2D eigenvalue weighted by Crippen LogP contribution is -2.19. The van der Waals surface area contributed by atoms with Gasteiger partial charge in [-0.15, -0.1) is 0 Å². The molecule has 1 aromatic carbocycles. The molecular weight excluding hydrogens is 270 g/mol. The van der Waals surface area contributed by atoms with Gasteiger partial charge in [0.15, 0.2) is 0 Å². The molecule has 0 aromatic heterocycles. The molecule has 0 radical (unpaired) electrons. The first-order chi connectivity index (χ1) is 10.3. The largest absolute Gasteiger partial charge is 0.496 e. The molecule has 2 rings (SSSR count). The molecule has 118 valence electrons. The lowest BCUT2D eigenvalue weighted by atomic mass is 10.1. The summed E-state index contributed by atoms with van der Waals surface area (Å²) in [4.78, 5) is 0. The molecule has 0 aliphatic carbocycles. The summed E-state index contributed by atoms with van der Waals surface area (Å²) in [5.74, 6) is 2.98. The summed E-state index contributed by atoms with van der Waals surface area (Å²) in [6.07, 6.45) is 2.32. The number of ether oxygens (including phenoxy) is 4. The molecule has 1 unspecified atom stereocenters. The Morgan fingerprint density at radius 3 is 2.38 bits per heavy atom. The van der Waals surface area contributed by atoms with E-state index in [1.165, 1.54) is 6.42 Å². The molecule has 1 aliphatic rings. The number of hydrogen-bond acceptors (Lipinski definition) is 5. The molecule has 1 aromatic rings. The second-order valence-corrected chi connectivity index (χ2v) is 5.21. The first-order valence-corrected chi connectivity index (χ1v) is 7.35. The van der Waals surface area contributed by atoms with E-state index in [1.54, 1.807) is 21.3 Å². The molecule has 0 spiro atoms. The van der Waals surface area contributed by atoms with Crippen LogP contribution in [-0.4, -0.2) is 41.1 Å². The van der Waals surface area contributed by atoms with Gasteiger partial charge in [-0.2, -0.15) is 0 Å². The van der Waals surface area contributed by atoms with Crippen LogP contribution < -0.4 is 19.5 Å². The van der Waals surface area contributed by atoms with Gasteiger partial charge in [0.25, 0.3) is 0 Å². The highest BCUT2D eigenvalue weighted by atomic mass is 16.5. The highest BCUT2D eigenvalue weighted by molar-refractivity contribution is 5.50. The van der Waals surface area contributed by atoms with Crippen molar-refractivity contribution in [2.75, 3.05) is 41.1 Å². The van der Waals surface area contributed by atoms with Gasteiger partial charge in [0.05, 0.1) is 26.9 Å². The van der Waals surface area contributed by atoms with Crippen LogP contribution in [0.5, 0.6) is 17.2 Å². The third kappa shape index (κ3) is 4.25. The van der Waals surface area contributed by atoms with Gasteiger partial charge in [0.2, 0.25) is 0 Å². The van der Waals surface area contributed by atoms with Crippen LogP contribution >= 0.6 is 0 Å². The molecule has 1 heterocycles. The van der Waals surface area contributed by atoms with Gasteiger partial charge in [-0.05, 0) is 25.3 Å².